The number of nitrogens with zero attached hydrogens (tertiary/aromatic N) is 5. The summed E-state index contributed by atoms with van der Waals surface area (Å²) in [6.45, 7) is 1.59. The van der Waals surface area contributed by atoms with E-state index >= 15 is 4.39 Å². The molecular weight excluding hydrogens is 610 g/mol. The second-order valence-corrected chi connectivity index (χ2v) is 14.3. The van der Waals surface area contributed by atoms with Crippen LogP contribution in [0.25, 0.3) is 56.0 Å². The van der Waals surface area contributed by atoms with Crippen molar-refractivity contribution in [3.63, 3.8) is 0 Å². The first kappa shape index (κ1) is 30.1. The number of nitrogens with one attached hydrogen (secondary N) is 3. The molecule has 46 heavy (non-hydrogen) atoms. The van der Waals surface area contributed by atoms with Crippen LogP contribution in [0, 0.1) is 17.6 Å². The monoisotopic (exact) mass is 642 g/mol. The molecule has 0 unspecified atom stereocenters. The molecule has 1 saturated carbocycles. The van der Waals surface area contributed by atoms with Gasteiger partial charge in [0.05, 0.1) is 34.1 Å². The van der Waals surface area contributed by atoms with Crippen LogP contribution in [0.15, 0.2) is 55.1 Å². The molecule has 1 aliphatic rings. The fourth-order valence-corrected chi connectivity index (χ4v) is 6.80. The zero-order chi connectivity index (χ0) is 31.8. The number of sulfone groups is 1. The van der Waals surface area contributed by atoms with Gasteiger partial charge in [-0.05, 0) is 73.2 Å². The van der Waals surface area contributed by atoms with E-state index in [9.17, 15) is 12.8 Å². The molecule has 10 nitrogen and oxygen atoms in total. The number of imidazole rings is 1. The summed E-state index contributed by atoms with van der Waals surface area (Å²) in [6, 6.07) is 7.96. The van der Waals surface area contributed by atoms with Crippen LogP contribution in [-0.2, 0) is 22.8 Å². The number of aromatic nitrogens is 7. The van der Waals surface area contributed by atoms with E-state index in [4.69, 9.17) is 4.98 Å². The molecule has 0 radical (unpaired) electrons. The van der Waals surface area contributed by atoms with Gasteiger partial charge in [-0.15, -0.1) is 0 Å². The van der Waals surface area contributed by atoms with E-state index in [2.05, 4.69) is 35.5 Å². The van der Waals surface area contributed by atoms with Crippen molar-refractivity contribution in [3.8, 4) is 34.0 Å². The maximum absolute atomic E-state index is 16.3. The maximum atomic E-state index is 16.3. The minimum Gasteiger partial charge on any atom is -0.336 e. The topological polar surface area (TPSA) is 142 Å². The lowest BCUT2D eigenvalue weighted by molar-refractivity contribution is 0.489. The molecule has 0 saturated heterocycles. The SMILES string of the molecule is CS(=O)(=O)CCc1cc(F)cc(-c2nccc3[nH]c(-c4n[nH]c5cnc(-c6cncc(CNCC7CCCC7)c6)c(F)c45)nc23)c1. The zero-order valence-electron chi connectivity index (χ0n) is 25.1. The molecule has 5 aromatic heterocycles. The molecule has 0 spiro atoms. The summed E-state index contributed by atoms with van der Waals surface area (Å²) >= 11 is 0. The Hall–Kier alpha value is -4.62. The number of rotatable bonds is 10. The van der Waals surface area contributed by atoms with E-state index in [1.54, 1.807) is 30.7 Å². The Morgan fingerprint density at radius 1 is 0.935 bits per heavy atom. The first-order chi connectivity index (χ1) is 22.2. The number of hydrogen-bond acceptors (Lipinski definition) is 8. The van der Waals surface area contributed by atoms with Crippen LogP contribution in [0.4, 0.5) is 8.78 Å². The van der Waals surface area contributed by atoms with Crippen LogP contribution in [0.2, 0.25) is 0 Å². The van der Waals surface area contributed by atoms with Crippen LogP contribution in [0.5, 0.6) is 0 Å². The van der Waals surface area contributed by atoms with Gasteiger partial charge in [-0.3, -0.25) is 20.1 Å². The van der Waals surface area contributed by atoms with Crippen molar-refractivity contribution in [2.75, 3.05) is 18.6 Å². The number of aryl methyl sites for hydroxylation is 1. The van der Waals surface area contributed by atoms with Crippen molar-refractivity contribution < 1.29 is 17.2 Å². The quantitative estimate of drug-likeness (QED) is 0.171. The normalized spacial score (nSPS) is 14.2. The Morgan fingerprint density at radius 2 is 1.76 bits per heavy atom. The van der Waals surface area contributed by atoms with Gasteiger partial charge in [0.2, 0.25) is 0 Å². The molecule has 1 aliphatic carbocycles. The summed E-state index contributed by atoms with van der Waals surface area (Å²) in [7, 11) is -3.23. The molecule has 7 rings (SSSR count). The number of H-pyrrole nitrogens is 2. The molecule has 1 aromatic carbocycles. The van der Waals surface area contributed by atoms with Gasteiger partial charge in [-0.2, -0.15) is 5.10 Å². The van der Waals surface area contributed by atoms with Crippen LogP contribution >= 0.6 is 0 Å². The third kappa shape index (κ3) is 6.24. The van der Waals surface area contributed by atoms with Gasteiger partial charge in [0, 0.05) is 42.5 Å². The van der Waals surface area contributed by atoms with Gasteiger partial charge in [0.1, 0.15) is 32.6 Å². The van der Waals surface area contributed by atoms with Gasteiger partial charge in [0.15, 0.2) is 11.6 Å². The van der Waals surface area contributed by atoms with Crippen molar-refractivity contribution in [2.24, 2.45) is 5.92 Å². The number of benzene rings is 1. The Kier molecular flexibility index (Phi) is 8.03. The Balaban J connectivity index is 1.22. The molecule has 0 bridgehead atoms. The summed E-state index contributed by atoms with van der Waals surface area (Å²) < 4.78 is 54.3. The van der Waals surface area contributed by atoms with E-state index in [1.807, 2.05) is 6.07 Å². The summed E-state index contributed by atoms with van der Waals surface area (Å²) in [5.41, 5.74) is 4.71. The highest BCUT2D eigenvalue weighted by Gasteiger charge is 2.22. The molecule has 1 fully saturated rings. The summed E-state index contributed by atoms with van der Waals surface area (Å²) in [4.78, 5) is 21.1. The van der Waals surface area contributed by atoms with Crippen molar-refractivity contribution in [3.05, 3.63) is 77.9 Å². The second kappa shape index (κ2) is 12.3. The Morgan fingerprint density at radius 3 is 2.59 bits per heavy atom. The maximum Gasteiger partial charge on any atom is 0.161 e. The summed E-state index contributed by atoms with van der Waals surface area (Å²) in [6.07, 6.45) is 12.9. The first-order valence-electron chi connectivity index (χ1n) is 15.2. The second-order valence-electron chi connectivity index (χ2n) is 12.0. The highest BCUT2D eigenvalue weighted by Crippen LogP contribution is 2.34. The predicted octanol–water partition coefficient (Wildman–Crippen LogP) is 5.77. The third-order valence-corrected chi connectivity index (χ3v) is 9.41. The molecule has 236 valence electrons. The van der Waals surface area contributed by atoms with Crippen LogP contribution in [0.1, 0.15) is 36.8 Å². The molecule has 13 heteroatoms. The van der Waals surface area contributed by atoms with Crippen molar-refractivity contribution in [1.82, 2.24) is 40.4 Å². The lowest BCUT2D eigenvalue weighted by Gasteiger charge is -2.11. The fourth-order valence-electron chi connectivity index (χ4n) is 6.19. The highest BCUT2D eigenvalue weighted by molar-refractivity contribution is 7.90. The van der Waals surface area contributed by atoms with Crippen LogP contribution < -0.4 is 5.32 Å². The molecule has 0 aliphatic heterocycles. The van der Waals surface area contributed by atoms with Crippen LogP contribution in [0.3, 0.4) is 0 Å². The number of aromatic amines is 2. The highest BCUT2D eigenvalue weighted by atomic mass is 32.2. The number of hydrogen-bond donors (Lipinski definition) is 3. The lowest BCUT2D eigenvalue weighted by Crippen LogP contribution is -2.20. The average molecular weight is 643 g/mol. The van der Waals surface area contributed by atoms with Gasteiger partial charge >= 0.3 is 0 Å². The van der Waals surface area contributed by atoms with E-state index in [0.29, 0.717) is 57.2 Å². The Bertz CT molecular complexity index is 2170. The van der Waals surface area contributed by atoms with E-state index in [1.165, 1.54) is 44.0 Å². The molecular formula is C33H32F2N8O2S. The van der Waals surface area contributed by atoms with E-state index in [-0.39, 0.29) is 28.9 Å². The number of pyridine rings is 3. The predicted molar refractivity (Wildman–Crippen MR) is 172 cm³/mol. The van der Waals surface area contributed by atoms with Crippen molar-refractivity contribution >= 4 is 31.8 Å². The van der Waals surface area contributed by atoms with Gasteiger partial charge < -0.3 is 10.3 Å². The summed E-state index contributed by atoms with van der Waals surface area (Å²) in [5.74, 6) is -0.173. The average Bonchev–Trinajstić information content (AvgIpc) is 3.80. The molecule has 0 amide bonds. The minimum atomic E-state index is -3.23. The smallest absolute Gasteiger partial charge is 0.161 e. The molecule has 0 atom stereocenters. The van der Waals surface area contributed by atoms with E-state index < -0.39 is 21.5 Å². The van der Waals surface area contributed by atoms with Crippen molar-refractivity contribution in [2.45, 2.75) is 38.6 Å². The third-order valence-electron chi connectivity index (χ3n) is 8.47. The van der Waals surface area contributed by atoms with E-state index in [0.717, 1.165) is 18.4 Å². The standard InChI is InChI=1S/C33H32F2N8O2S/c1-46(44,45)9-7-20-10-22(13-24(34)12-20)30-31-25(6-8-38-30)40-33(41-31)32-27-26(42-43-32)18-39-29(28(27)35)23-11-21(16-37-17-23)15-36-14-19-4-2-3-5-19/h6,8,10-13,16-19,36H,2-5,7,9,14-15H2,1H3,(H,40,41)(H,42,43). The van der Waals surface area contributed by atoms with Crippen LogP contribution in [-0.4, -0.2) is 62.1 Å². The molecule has 6 aromatic rings. The number of halogens is 2. The minimum absolute atomic E-state index is 0.105. The van der Waals surface area contributed by atoms with Crippen molar-refractivity contribution in [1.29, 1.82) is 0 Å². The summed E-state index contributed by atoms with van der Waals surface area (Å²) in [5, 5.41) is 10.9. The molecule has 5 heterocycles. The zero-order valence-corrected chi connectivity index (χ0v) is 26.0. The van der Waals surface area contributed by atoms with Gasteiger partial charge in [-0.1, -0.05) is 12.8 Å². The lowest BCUT2D eigenvalue weighted by atomic mass is 10.0. The fraction of sp³-hybridized carbons (Fsp3) is 0.303. The Labute approximate surface area is 264 Å². The number of fused-ring (bicyclic) bond motifs is 2. The van der Waals surface area contributed by atoms with Gasteiger partial charge in [-0.25, -0.2) is 22.2 Å². The first-order valence-corrected chi connectivity index (χ1v) is 17.3. The van der Waals surface area contributed by atoms with Gasteiger partial charge in [0.25, 0.3) is 0 Å². The largest absolute Gasteiger partial charge is 0.336 e. The molecule has 3 N–H and O–H groups in total.